The third-order valence-corrected chi connectivity index (χ3v) is 1.85. The number of allylic oxidation sites excluding steroid dienone is 2. The molecule has 13 heavy (non-hydrogen) atoms. The molecule has 0 saturated carbocycles. The van der Waals surface area contributed by atoms with Gasteiger partial charge >= 0.3 is 5.97 Å². The molecule has 1 aliphatic rings. The van der Waals surface area contributed by atoms with Crippen molar-refractivity contribution in [3.8, 4) is 6.07 Å². The van der Waals surface area contributed by atoms with E-state index < -0.39 is 5.97 Å². The molecule has 0 spiro atoms. The second kappa shape index (κ2) is 3.19. The van der Waals surface area contributed by atoms with Crippen molar-refractivity contribution in [1.82, 2.24) is 5.32 Å². The molecule has 5 heteroatoms. The first-order chi connectivity index (χ1) is 6.06. The summed E-state index contributed by atoms with van der Waals surface area (Å²) in [6.45, 7) is 1.62. The van der Waals surface area contributed by atoms with Gasteiger partial charge in [0.05, 0.1) is 17.2 Å². The maximum atomic E-state index is 10.7. The molecule has 0 aromatic rings. The topological polar surface area (TPSA) is 99.1 Å². The van der Waals surface area contributed by atoms with Crippen molar-refractivity contribution < 1.29 is 9.90 Å². The lowest BCUT2D eigenvalue weighted by Gasteiger charge is -2.17. The third kappa shape index (κ3) is 1.62. The number of nitrogens with one attached hydrogen (secondary N) is 1. The molecule has 0 radical (unpaired) electrons. The summed E-state index contributed by atoms with van der Waals surface area (Å²) in [4.78, 5) is 10.7. The lowest BCUT2D eigenvalue weighted by atomic mass is 10.0. The number of aliphatic carboxylic acids is 1. The highest BCUT2D eigenvalue weighted by atomic mass is 16.4. The Hall–Kier alpha value is -1.96. The summed E-state index contributed by atoms with van der Waals surface area (Å²) in [6, 6.07) is 1.85. The fourth-order valence-corrected chi connectivity index (χ4v) is 1.09. The average molecular weight is 179 g/mol. The van der Waals surface area contributed by atoms with E-state index in [-0.39, 0.29) is 23.4 Å². The minimum atomic E-state index is -1.02. The number of hydrogen-bond donors (Lipinski definition) is 3. The van der Waals surface area contributed by atoms with E-state index in [2.05, 4.69) is 5.32 Å². The Morgan fingerprint density at radius 2 is 2.38 bits per heavy atom. The number of carboxylic acids is 1. The zero-order valence-corrected chi connectivity index (χ0v) is 7.09. The summed E-state index contributed by atoms with van der Waals surface area (Å²) >= 11 is 0. The van der Waals surface area contributed by atoms with E-state index in [0.717, 1.165) is 0 Å². The highest BCUT2D eigenvalue weighted by Gasteiger charge is 2.20. The fourth-order valence-electron chi connectivity index (χ4n) is 1.09. The van der Waals surface area contributed by atoms with Crippen molar-refractivity contribution in [3.63, 3.8) is 0 Å². The molecular formula is C8H9N3O2. The second-order valence-electron chi connectivity index (χ2n) is 2.71. The second-order valence-corrected chi connectivity index (χ2v) is 2.71. The summed E-state index contributed by atoms with van der Waals surface area (Å²) in [5, 5.41) is 20.0. The normalized spacial score (nSPS) is 16.6. The zero-order chi connectivity index (χ0) is 10.0. The lowest BCUT2D eigenvalue weighted by molar-refractivity contribution is -0.132. The number of nitrogens with zero attached hydrogens (tertiary/aromatic N) is 1. The van der Waals surface area contributed by atoms with Crippen LogP contribution in [0.15, 0.2) is 22.7 Å². The van der Waals surface area contributed by atoms with Gasteiger partial charge < -0.3 is 16.2 Å². The van der Waals surface area contributed by atoms with E-state index in [1.807, 2.05) is 6.07 Å². The smallest absolute Gasteiger partial charge is 0.333 e. The monoisotopic (exact) mass is 179 g/mol. The highest BCUT2D eigenvalue weighted by molar-refractivity contribution is 5.88. The molecule has 5 nitrogen and oxygen atoms in total. The number of carbonyl (C=O) groups is 1. The fraction of sp³-hybridized carbons (Fsp3) is 0.250. The first kappa shape index (κ1) is 9.13. The van der Waals surface area contributed by atoms with Crippen LogP contribution in [0.25, 0.3) is 0 Å². The van der Waals surface area contributed by atoms with Gasteiger partial charge in [-0.3, -0.25) is 0 Å². The zero-order valence-electron chi connectivity index (χ0n) is 7.09. The van der Waals surface area contributed by atoms with Crippen molar-refractivity contribution >= 4 is 5.97 Å². The lowest BCUT2D eigenvalue weighted by Crippen LogP contribution is -2.27. The van der Waals surface area contributed by atoms with Gasteiger partial charge in [-0.05, 0) is 6.92 Å². The summed E-state index contributed by atoms with van der Waals surface area (Å²) in [7, 11) is 0. The summed E-state index contributed by atoms with van der Waals surface area (Å²) in [6.07, 6.45) is 0.0937. The number of rotatable bonds is 1. The van der Waals surface area contributed by atoms with Gasteiger partial charge in [0.2, 0.25) is 0 Å². The van der Waals surface area contributed by atoms with Gasteiger partial charge in [0.25, 0.3) is 0 Å². The molecule has 0 bridgehead atoms. The van der Waals surface area contributed by atoms with Crippen LogP contribution < -0.4 is 11.1 Å². The third-order valence-electron chi connectivity index (χ3n) is 1.85. The number of hydrogen-bond acceptors (Lipinski definition) is 4. The average Bonchev–Trinajstić information content (AvgIpc) is 2.03. The van der Waals surface area contributed by atoms with Crippen LogP contribution >= 0.6 is 0 Å². The van der Waals surface area contributed by atoms with Crippen LogP contribution in [-0.4, -0.2) is 11.1 Å². The molecule has 0 fully saturated rings. The van der Waals surface area contributed by atoms with E-state index in [9.17, 15) is 4.79 Å². The molecule has 68 valence electrons. The minimum absolute atomic E-state index is 0.0937. The van der Waals surface area contributed by atoms with E-state index in [1.165, 1.54) is 0 Å². The summed E-state index contributed by atoms with van der Waals surface area (Å²) in [5.41, 5.74) is 6.40. The van der Waals surface area contributed by atoms with Crippen molar-refractivity contribution in [2.75, 3.05) is 0 Å². The highest BCUT2D eigenvalue weighted by Crippen LogP contribution is 2.19. The van der Waals surface area contributed by atoms with Gasteiger partial charge in [0, 0.05) is 12.1 Å². The van der Waals surface area contributed by atoms with Crippen molar-refractivity contribution in [1.29, 1.82) is 5.26 Å². The van der Waals surface area contributed by atoms with Crippen molar-refractivity contribution in [2.24, 2.45) is 5.73 Å². The molecular weight excluding hydrogens is 170 g/mol. The Morgan fingerprint density at radius 3 is 2.85 bits per heavy atom. The summed E-state index contributed by atoms with van der Waals surface area (Å²) < 4.78 is 0. The number of nitrogens with two attached hydrogens (primary N) is 1. The van der Waals surface area contributed by atoms with E-state index >= 15 is 0 Å². The molecule has 0 aliphatic carbocycles. The van der Waals surface area contributed by atoms with Crippen LogP contribution in [-0.2, 0) is 4.79 Å². The van der Waals surface area contributed by atoms with Gasteiger partial charge in [0.1, 0.15) is 5.82 Å². The minimum Gasteiger partial charge on any atom is -0.478 e. The van der Waals surface area contributed by atoms with E-state index in [4.69, 9.17) is 16.1 Å². The quantitative estimate of drug-likeness (QED) is 0.527. The first-order valence-electron chi connectivity index (χ1n) is 3.65. The summed E-state index contributed by atoms with van der Waals surface area (Å²) in [5.74, 6) is -0.782. The number of nitriles is 1. The molecule has 1 rings (SSSR count). The van der Waals surface area contributed by atoms with Crippen LogP contribution in [0.1, 0.15) is 13.3 Å². The Labute approximate surface area is 75.1 Å². The van der Waals surface area contributed by atoms with Crippen LogP contribution in [0.4, 0.5) is 0 Å². The standard InChI is InChI=1S/C8H9N3O2/c1-4-6(8(12)13)2-5(3-9)7(10)11-4/h11H,2,10H2,1H3,(H,12,13). The van der Waals surface area contributed by atoms with Crippen molar-refractivity contribution in [3.05, 3.63) is 22.7 Å². The predicted octanol–water partition coefficient (Wildman–Crippen LogP) is 0.0322. The molecule has 0 atom stereocenters. The maximum Gasteiger partial charge on any atom is 0.333 e. The van der Waals surface area contributed by atoms with E-state index in [0.29, 0.717) is 5.70 Å². The van der Waals surface area contributed by atoms with Crippen LogP contribution in [0.3, 0.4) is 0 Å². The Morgan fingerprint density at radius 1 is 1.77 bits per heavy atom. The van der Waals surface area contributed by atoms with Crippen LogP contribution in [0, 0.1) is 11.3 Å². The molecule has 1 aliphatic heterocycles. The molecule has 0 aromatic heterocycles. The predicted molar refractivity (Wildman–Crippen MR) is 44.9 cm³/mol. The van der Waals surface area contributed by atoms with Crippen molar-refractivity contribution in [2.45, 2.75) is 13.3 Å². The Kier molecular flexibility index (Phi) is 2.24. The molecule has 0 aromatic carbocycles. The first-order valence-corrected chi connectivity index (χ1v) is 3.65. The molecule has 0 saturated heterocycles. The Balaban J connectivity index is 3.00. The number of dihydropyridines is 1. The van der Waals surface area contributed by atoms with Crippen LogP contribution in [0.2, 0.25) is 0 Å². The van der Waals surface area contributed by atoms with Gasteiger partial charge in [-0.1, -0.05) is 0 Å². The molecule has 4 N–H and O–H groups in total. The van der Waals surface area contributed by atoms with E-state index in [1.54, 1.807) is 6.92 Å². The molecule has 0 amide bonds. The van der Waals surface area contributed by atoms with Gasteiger partial charge in [0.15, 0.2) is 0 Å². The molecule has 1 heterocycles. The SMILES string of the molecule is CC1=C(C(=O)O)CC(C#N)=C(N)N1. The van der Waals surface area contributed by atoms with Gasteiger partial charge in [-0.2, -0.15) is 5.26 Å². The van der Waals surface area contributed by atoms with Gasteiger partial charge in [-0.15, -0.1) is 0 Å². The molecule has 0 unspecified atom stereocenters. The van der Waals surface area contributed by atoms with Gasteiger partial charge in [-0.25, -0.2) is 4.79 Å². The number of carboxylic acid groups (broad SMARTS) is 1. The maximum absolute atomic E-state index is 10.7. The largest absolute Gasteiger partial charge is 0.478 e. The Bertz CT molecular complexity index is 360. The van der Waals surface area contributed by atoms with Crippen LogP contribution in [0.5, 0.6) is 0 Å².